The molecule has 9 nitrogen and oxygen atoms in total. The van der Waals surface area contributed by atoms with E-state index in [2.05, 4.69) is 15.3 Å². The molecule has 2 amide bonds. The van der Waals surface area contributed by atoms with Crippen LogP contribution in [0.3, 0.4) is 0 Å². The molecular formula is C32H25ClF4N4O5S. The van der Waals surface area contributed by atoms with Crippen LogP contribution in [0, 0.1) is 12.7 Å². The summed E-state index contributed by atoms with van der Waals surface area (Å²) in [5, 5.41) is 16.1. The lowest BCUT2D eigenvalue weighted by Gasteiger charge is -2.31. The number of methoxy groups -OCH3 is 1. The molecule has 0 saturated heterocycles. The van der Waals surface area contributed by atoms with E-state index in [-0.39, 0.29) is 45.2 Å². The monoisotopic (exact) mass is 688 g/mol. The number of benzene rings is 2. The van der Waals surface area contributed by atoms with Gasteiger partial charge in [-0.3, -0.25) is 9.59 Å². The number of nitrogens with two attached hydrogens (primary N) is 1. The first kappa shape index (κ1) is 32.4. The number of hydrogen-bond donors (Lipinski definition) is 3. The van der Waals surface area contributed by atoms with Crippen molar-refractivity contribution >= 4 is 55.7 Å². The molecule has 47 heavy (non-hydrogen) atoms. The van der Waals surface area contributed by atoms with Crippen LogP contribution >= 0.6 is 22.9 Å². The van der Waals surface area contributed by atoms with E-state index in [1.165, 1.54) is 43.7 Å². The summed E-state index contributed by atoms with van der Waals surface area (Å²) in [6.45, 7) is 1.39. The van der Waals surface area contributed by atoms with Crippen LogP contribution in [0.1, 0.15) is 34.2 Å². The molecule has 4 N–H and O–H groups in total. The minimum Gasteiger partial charge on any atom is -0.494 e. The lowest BCUT2D eigenvalue weighted by molar-refractivity contribution is -0.265. The van der Waals surface area contributed by atoms with Crippen LogP contribution < -0.4 is 20.5 Å². The minimum atomic E-state index is -5.39. The van der Waals surface area contributed by atoms with Crippen LogP contribution in [-0.2, 0) is 15.8 Å². The lowest BCUT2D eigenvalue weighted by Crippen LogP contribution is -2.51. The summed E-state index contributed by atoms with van der Waals surface area (Å²) in [6.07, 6.45) is -5.39. The molecule has 4 heterocycles. The fraction of sp³-hybridized carbons (Fsp3) is 0.250. The summed E-state index contributed by atoms with van der Waals surface area (Å²) in [7, 11) is 1.34. The van der Waals surface area contributed by atoms with Crippen molar-refractivity contribution in [2.75, 3.05) is 20.3 Å². The van der Waals surface area contributed by atoms with Crippen molar-refractivity contribution in [1.82, 2.24) is 15.3 Å². The molecule has 2 aromatic carbocycles. The van der Waals surface area contributed by atoms with E-state index >= 15 is 0 Å². The number of fused-ring (bicyclic) bond motifs is 3. The van der Waals surface area contributed by atoms with E-state index in [4.69, 9.17) is 26.8 Å². The maximum Gasteiger partial charge on any atom is 0.424 e. The van der Waals surface area contributed by atoms with Gasteiger partial charge in [-0.1, -0.05) is 23.7 Å². The fourth-order valence-corrected chi connectivity index (χ4v) is 6.56. The highest BCUT2D eigenvalue weighted by molar-refractivity contribution is 7.17. The highest BCUT2D eigenvalue weighted by Crippen LogP contribution is 2.49. The van der Waals surface area contributed by atoms with Crippen molar-refractivity contribution < 1.29 is 41.7 Å². The van der Waals surface area contributed by atoms with Crippen LogP contribution in [0.4, 0.5) is 17.6 Å². The molecule has 2 atom stereocenters. The number of primary amides is 1. The zero-order valence-corrected chi connectivity index (χ0v) is 26.5. The lowest BCUT2D eigenvalue weighted by atomic mass is 9.81. The van der Waals surface area contributed by atoms with Crippen LogP contribution in [-0.4, -0.2) is 53.3 Å². The van der Waals surface area contributed by atoms with Gasteiger partial charge in [0.1, 0.15) is 40.5 Å². The van der Waals surface area contributed by atoms with Gasteiger partial charge in [-0.05, 0) is 44.2 Å². The Kier molecular flexibility index (Phi) is 7.80. The second-order valence-electron chi connectivity index (χ2n) is 11.3. The Morgan fingerprint density at radius 2 is 1.96 bits per heavy atom. The summed E-state index contributed by atoms with van der Waals surface area (Å²) in [4.78, 5) is 34.4. The summed E-state index contributed by atoms with van der Waals surface area (Å²) in [5.74, 6) is -2.27. The Morgan fingerprint density at radius 3 is 2.64 bits per heavy atom. The van der Waals surface area contributed by atoms with Crippen LogP contribution in [0.25, 0.3) is 32.2 Å². The van der Waals surface area contributed by atoms with Gasteiger partial charge < -0.3 is 25.6 Å². The summed E-state index contributed by atoms with van der Waals surface area (Å²) >= 11 is 7.20. The molecule has 0 radical (unpaired) electrons. The van der Waals surface area contributed by atoms with E-state index in [0.29, 0.717) is 27.0 Å². The van der Waals surface area contributed by atoms with E-state index in [9.17, 15) is 32.3 Å². The highest BCUT2D eigenvalue weighted by atomic mass is 35.5. The number of aliphatic hydroxyl groups is 1. The number of aromatic nitrogens is 2. The standard InChI is InChI=1S/C32H25ClF4N4O5S/c1-14-20(33)8-15-7-16(9-22(45-3)24(15)40-14)28(42)39-12-31(44,32(35,36)37)23-10-19-26(46-13-30(19,2)29(38)43)25(41-23)18-11-47-27-17(18)5-4-6-21(27)34/h4-11,44H,12-13H2,1-3H3,(H2,38,43)(H,39,42)/t30-,31-/m0/s1. The molecule has 0 saturated carbocycles. The number of aryl methyl sites for hydroxylation is 1. The SMILES string of the molecule is COc1cc(C(=O)NC[C@](O)(c2cc3c(c(-c4csc5c(F)cccc45)n2)OC[C@]3(C)C(N)=O)C(F)(F)F)cc2cc(Cl)c(C)nc12. The van der Waals surface area contributed by atoms with E-state index in [1.807, 2.05) is 0 Å². The average Bonchev–Trinajstić information content (AvgIpc) is 3.61. The van der Waals surface area contributed by atoms with Gasteiger partial charge in [0.05, 0.1) is 34.8 Å². The Labute approximate surface area is 273 Å². The largest absolute Gasteiger partial charge is 0.494 e. The van der Waals surface area contributed by atoms with Gasteiger partial charge in [0.15, 0.2) is 0 Å². The van der Waals surface area contributed by atoms with Crippen molar-refractivity contribution in [3.63, 3.8) is 0 Å². The Morgan fingerprint density at radius 1 is 1.21 bits per heavy atom. The number of thiophene rings is 1. The first-order valence-electron chi connectivity index (χ1n) is 14.0. The maximum atomic E-state index is 14.9. The molecular weight excluding hydrogens is 664 g/mol. The van der Waals surface area contributed by atoms with Crippen molar-refractivity contribution in [2.24, 2.45) is 5.73 Å². The molecule has 244 valence electrons. The van der Waals surface area contributed by atoms with Crippen molar-refractivity contribution in [1.29, 1.82) is 0 Å². The second-order valence-corrected chi connectivity index (χ2v) is 12.6. The normalized spacial score (nSPS) is 17.3. The Balaban J connectivity index is 1.46. The third-order valence-electron chi connectivity index (χ3n) is 8.31. The number of nitrogens with zero attached hydrogens (tertiary/aromatic N) is 2. The number of carbonyl (C=O) groups excluding carboxylic acids is 2. The fourth-order valence-electron chi connectivity index (χ4n) is 5.44. The number of alkyl halides is 3. The smallest absolute Gasteiger partial charge is 0.424 e. The van der Waals surface area contributed by atoms with Gasteiger partial charge in [0.2, 0.25) is 11.5 Å². The number of rotatable bonds is 7. The van der Waals surface area contributed by atoms with Crippen molar-refractivity contribution in [3.8, 4) is 22.8 Å². The minimum absolute atomic E-state index is 0.0293. The third kappa shape index (κ3) is 5.20. The molecule has 0 aliphatic carbocycles. The van der Waals surface area contributed by atoms with E-state index in [0.717, 1.165) is 17.4 Å². The molecule has 6 rings (SSSR count). The molecule has 0 fully saturated rings. The first-order valence-corrected chi connectivity index (χ1v) is 15.2. The zero-order chi connectivity index (χ0) is 34.1. The number of halogens is 5. The summed E-state index contributed by atoms with van der Waals surface area (Å²) in [5.41, 5.74) is 0.169. The molecule has 3 aromatic heterocycles. The number of hydrogen-bond acceptors (Lipinski definition) is 8. The van der Waals surface area contributed by atoms with E-state index < -0.39 is 47.1 Å². The second kappa shape index (κ2) is 11.3. The molecule has 1 aliphatic rings. The molecule has 15 heteroatoms. The van der Waals surface area contributed by atoms with Crippen LogP contribution in [0.2, 0.25) is 5.02 Å². The van der Waals surface area contributed by atoms with Crippen molar-refractivity contribution in [3.05, 3.63) is 81.2 Å². The molecule has 0 bridgehead atoms. The van der Waals surface area contributed by atoms with Gasteiger partial charge in [0, 0.05) is 32.8 Å². The van der Waals surface area contributed by atoms with E-state index in [1.54, 1.807) is 19.1 Å². The molecule has 0 unspecified atom stereocenters. The Hall–Kier alpha value is -4.53. The quantitative estimate of drug-likeness (QED) is 0.180. The van der Waals surface area contributed by atoms with Gasteiger partial charge in [0.25, 0.3) is 5.91 Å². The number of nitrogens with one attached hydrogen (secondary N) is 1. The summed E-state index contributed by atoms with van der Waals surface area (Å²) in [6, 6.07) is 9.35. The zero-order valence-electron chi connectivity index (χ0n) is 24.9. The summed E-state index contributed by atoms with van der Waals surface area (Å²) < 4.78 is 70.6. The maximum absolute atomic E-state index is 14.9. The molecule has 1 aliphatic heterocycles. The number of carbonyl (C=O) groups is 2. The van der Waals surface area contributed by atoms with Crippen LogP contribution in [0.5, 0.6) is 11.5 Å². The van der Waals surface area contributed by atoms with Crippen LogP contribution in [0.15, 0.2) is 47.8 Å². The molecule has 5 aromatic rings. The van der Waals surface area contributed by atoms with Gasteiger partial charge in [-0.25, -0.2) is 14.4 Å². The highest BCUT2D eigenvalue weighted by Gasteiger charge is 2.57. The van der Waals surface area contributed by atoms with Gasteiger partial charge >= 0.3 is 6.18 Å². The predicted octanol–water partition coefficient (Wildman–Crippen LogP) is 5.94. The van der Waals surface area contributed by atoms with Crippen molar-refractivity contribution in [2.45, 2.75) is 31.0 Å². The van der Waals surface area contributed by atoms with Gasteiger partial charge in [-0.15, -0.1) is 11.3 Å². The number of amides is 2. The number of pyridine rings is 2. The third-order valence-corrected chi connectivity index (χ3v) is 9.70. The number of ether oxygens (including phenoxy) is 2. The molecule has 0 spiro atoms. The first-order chi connectivity index (χ1) is 22.1. The Bertz CT molecular complexity index is 2120. The average molecular weight is 689 g/mol. The predicted molar refractivity (Wildman–Crippen MR) is 167 cm³/mol. The van der Waals surface area contributed by atoms with Gasteiger partial charge in [-0.2, -0.15) is 13.2 Å². The topological polar surface area (TPSA) is 137 Å².